The van der Waals surface area contributed by atoms with Crippen LogP contribution in [0.4, 0.5) is 15.8 Å². The third-order valence-corrected chi connectivity index (χ3v) is 6.83. The van der Waals surface area contributed by atoms with Crippen molar-refractivity contribution in [2.45, 2.75) is 32.7 Å². The van der Waals surface area contributed by atoms with Crippen molar-refractivity contribution in [3.05, 3.63) is 59.4 Å². The molecule has 3 rings (SSSR count). The first-order valence-electron chi connectivity index (χ1n) is 10.7. The van der Waals surface area contributed by atoms with E-state index >= 15 is 0 Å². The Kier molecular flexibility index (Phi) is 8.27. The van der Waals surface area contributed by atoms with Crippen molar-refractivity contribution in [3.8, 4) is 6.07 Å². The van der Waals surface area contributed by atoms with Crippen LogP contribution in [-0.2, 0) is 0 Å². The van der Waals surface area contributed by atoms with Crippen molar-refractivity contribution in [2.24, 2.45) is 0 Å². The van der Waals surface area contributed by atoms with Crippen LogP contribution in [0.5, 0.6) is 0 Å². The number of hydrogen-bond acceptors (Lipinski definition) is 4. The minimum absolute atomic E-state index is 0.00360. The van der Waals surface area contributed by atoms with Crippen LogP contribution in [0.1, 0.15) is 42.6 Å². The highest BCUT2D eigenvalue weighted by atomic mass is 127. The summed E-state index contributed by atoms with van der Waals surface area (Å²) >= 11 is 2.37. The summed E-state index contributed by atoms with van der Waals surface area (Å²) in [5, 5.41) is 9.34. The van der Waals surface area contributed by atoms with Gasteiger partial charge in [0.15, 0.2) is 0 Å². The zero-order chi connectivity index (χ0) is 22.4. The van der Waals surface area contributed by atoms with E-state index in [4.69, 9.17) is 0 Å². The Morgan fingerprint density at radius 1 is 1.16 bits per heavy atom. The van der Waals surface area contributed by atoms with E-state index in [0.29, 0.717) is 29.9 Å². The Morgan fingerprint density at radius 2 is 1.81 bits per heavy atom. The quantitative estimate of drug-likeness (QED) is 0.279. The van der Waals surface area contributed by atoms with E-state index in [1.165, 1.54) is 12.1 Å². The molecule has 1 amide bonds. The Morgan fingerprint density at radius 3 is 2.35 bits per heavy atom. The maximum absolute atomic E-state index is 14.9. The zero-order valence-corrected chi connectivity index (χ0v) is 20.2. The van der Waals surface area contributed by atoms with Gasteiger partial charge in [0.25, 0.3) is 5.91 Å². The van der Waals surface area contributed by atoms with Crippen molar-refractivity contribution >= 4 is 39.9 Å². The van der Waals surface area contributed by atoms with Gasteiger partial charge in [-0.05, 0) is 69.2 Å². The molecule has 0 aliphatic carbocycles. The summed E-state index contributed by atoms with van der Waals surface area (Å²) in [4.78, 5) is 18.8. The number of piperidine rings is 1. The van der Waals surface area contributed by atoms with E-state index in [2.05, 4.69) is 33.6 Å². The summed E-state index contributed by atoms with van der Waals surface area (Å²) in [6.07, 6.45) is 1.80. The fourth-order valence-corrected chi connectivity index (χ4v) is 4.75. The third kappa shape index (κ3) is 5.36. The Bertz CT molecular complexity index is 932. The minimum atomic E-state index is -0.349. The van der Waals surface area contributed by atoms with Crippen LogP contribution in [0.2, 0.25) is 0 Å². The van der Waals surface area contributed by atoms with Gasteiger partial charge in [-0.1, -0.05) is 22.6 Å². The first-order valence-corrected chi connectivity index (χ1v) is 12.2. The van der Waals surface area contributed by atoms with Crippen molar-refractivity contribution in [1.29, 1.82) is 5.26 Å². The van der Waals surface area contributed by atoms with Gasteiger partial charge in [0.05, 0.1) is 21.9 Å². The van der Waals surface area contributed by atoms with Crippen LogP contribution >= 0.6 is 22.6 Å². The monoisotopic (exact) mass is 534 g/mol. The lowest BCUT2D eigenvalue weighted by Gasteiger charge is -2.39. The lowest BCUT2D eigenvalue weighted by atomic mass is 10.0. The van der Waals surface area contributed by atoms with Crippen LogP contribution in [0.15, 0.2) is 42.5 Å². The SMILES string of the molecule is CCN(CC)C(=O)c1ccc(N(c2cc(C#N)ccc2F)C2CCN(CI)CC2)cc1. The van der Waals surface area contributed by atoms with Crippen LogP contribution in [0, 0.1) is 17.1 Å². The van der Waals surface area contributed by atoms with E-state index in [1.807, 2.05) is 43.0 Å². The predicted octanol–water partition coefficient (Wildman–Crippen LogP) is 5.17. The molecule has 0 saturated carbocycles. The van der Waals surface area contributed by atoms with Crippen LogP contribution in [-0.4, -0.2) is 52.5 Å². The van der Waals surface area contributed by atoms with Gasteiger partial charge in [-0.15, -0.1) is 0 Å². The molecule has 2 aromatic carbocycles. The molecule has 1 saturated heterocycles. The molecule has 164 valence electrons. The molecule has 7 heteroatoms. The first kappa shape index (κ1) is 23.5. The molecule has 0 aromatic heterocycles. The van der Waals surface area contributed by atoms with Crippen LogP contribution in [0.25, 0.3) is 0 Å². The van der Waals surface area contributed by atoms with Gasteiger partial charge in [0, 0.05) is 43.5 Å². The maximum atomic E-state index is 14.9. The molecule has 2 aromatic rings. The van der Waals surface area contributed by atoms with Gasteiger partial charge in [0.1, 0.15) is 5.82 Å². The molecule has 1 heterocycles. The number of nitriles is 1. The summed E-state index contributed by atoms with van der Waals surface area (Å²) in [7, 11) is 0. The molecule has 1 aliphatic rings. The molecule has 0 spiro atoms. The smallest absolute Gasteiger partial charge is 0.253 e. The topological polar surface area (TPSA) is 50.6 Å². The second-order valence-electron chi connectivity index (χ2n) is 7.64. The van der Waals surface area contributed by atoms with Crippen LogP contribution in [0.3, 0.4) is 0 Å². The van der Waals surface area contributed by atoms with Crippen LogP contribution < -0.4 is 4.90 Å². The second-order valence-corrected chi connectivity index (χ2v) is 8.32. The molecular formula is C24H28FIN4O. The molecule has 0 atom stereocenters. The lowest BCUT2D eigenvalue weighted by molar-refractivity contribution is 0.0773. The normalized spacial score (nSPS) is 14.8. The number of amides is 1. The molecule has 1 fully saturated rings. The van der Waals surface area contributed by atoms with Crippen molar-refractivity contribution < 1.29 is 9.18 Å². The van der Waals surface area contributed by atoms with Crippen molar-refractivity contribution in [3.63, 3.8) is 0 Å². The highest BCUT2D eigenvalue weighted by Crippen LogP contribution is 2.34. The highest BCUT2D eigenvalue weighted by molar-refractivity contribution is 14.1. The summed E-state index contributed by atoms with van der Waals surface area (Å²) < 4.78 is 15.9. The standard InChI is InChI=1S/C24H28FIN4O/c1-3-29(4-2)24(31)19-6-8-20(9-7-19)30(21-11-13-28(17-26)14-12-21)23-15-18(16-27)5-10-22(23)25/h5-10,15,21H,3-4,11-14,17H2,1-2H3. The summed E-state index contributed by atoms with van der Waals surface area (Å²) in [5.74, 6) is -0.352. The predicted molar refractivity (Wildman–Crippen MR) is 130 cm³/mol. The summed E-state index contributed by atoms with van der Waals surface area (Å²) in [6, 6.07) is 14.1. The van der Waals surface area contributed by atoms with Gasteiger partial charge in [0.2, 0.25) is 0 Å². The summed E-state index contributed by atoms with van der Waals surface area (Å²) in [5.41, 5.74) is 2.30. The van der Waals surface area contributed by atoms with E-state index in [1.54, 1.807) is 11.0 Å². The highest BCUT2D eigenvalue weighted by Gasteiger charge is 2.28. The molecule has 0 N–H and O–H groups in total. The van der Waals surface area contributed by atoms with Gasteiger partial charge in [-0.2, -0.15) is 5.26 Å². The number of carbonyl (C=O) groups excluding carboxylic acids is 1. The molecule has 0 bridgehead atoms. The average molecular weight is 534 g/mol. The third-order valence-electron chi connectivity index (χ3n) is 5.87. The first-order chi connectivity index (χ1) is 15.0. The van der Waals surface area contributed by atoms with Gasteiger partial charge in [-0.3, -0.25) is 9.69 Å². The number of anilines is 2. The zero-order valence-electron chi connectivity index (χ0n) is 18.0. The molecule has 31 heavy (non-hydrogen) atoms. The molecule has 0 unspecified atom stereocenters. The largest absolute Gasteiger partial charge is 0.339 e. The Hall–Kier alpha value is -2.18. The number of carbonyl (C=O) groups is 1. The van der Waals surface area contributed by atoms with E-state index in [-0.39, 0.29) is 17.8 Å². The second kappa shape index (κ2) is 10.9. The molecular weight excluding hydrogens is 506 g/mol. The Labute approximate surface area is 197 Å². The number of halogens is 2. The van der Waals surface area contributed by atoms with Gasteiger partial charge < -0.3 is 9.80 Å². The fourth-order valence-electron chi connectivity index (χ4n) is 4.07. The number of hydrogen-bond donors (Lipinski definition) is 0. The van der Waals surface area contributed by atoms with Crippen molar-refractivity contribution in [2.75, 3.05) is 35.6 Å². The fraction of sp³-hybridized carbons (Fsp3) is 0.417. The number of nitrogens with zero attached hydrogens (tertiary/aromatic N) is 4. The lowest BCUT2D eigenvalue weighted by Crippen LogP contribution is -2.43. The maximum Gasteiger partial charge on any atom is 0.253 e. The number of rotatable bonds is 7. The Balaban J connectivity index is 1.97. The van der Waals surface area contributed by atoms with E-state index < -0.39 is 0 Å². The minimum Gasteiger partial charge on any atom is -0.339 e. The molecule has 0 radical (unpaired) electrons. The van der Waals surface area contributed by atoms with Crippen molar-refractivity contribution in [1.82, 2.24) is 9.80 Å². The van der Waals surface area contributed by atoms with Gasteiger partial charge >= 0.3 is 0 Å². The number of alkyl halides is 1. The van der Waals surface area contributed by atoms with Gasteiger partial charge in [-0.25, -0.2) is 4.39 Å². The summed E-state index contributed by atoms with van der Waals surface area (Å²) in [6.45, 7) is 7.13. The molecule has 1 aliphatic heterocycles. The average Bonchev–Trinajstić information content (AvgIpc) is 2.82. The number of likely N-dealkylation sites (tertiary alicyclic amines) is 1. The van der Waals surface area contributed by atoms with E-state index in [0.717, 1.165) is 36.2 Å². The number of benzene rings is 2. The molecule has 5 nitrogen and oxygen atoms in total. The van der Waals surface area contributed by atoms with E-state index in [9.17, 15) is 14.4 Å².